The van der Waals surface area contributed by atoms with Crippen LogP contribution in [0.15, 0.2) is 18.5 Å². The van der Waals surface area contributed by atoms with Gasteiger partial charge >= 0.3 is 0 Å². The van der Waals surface area contributed by atoms with E-state index in [1.54, 1.807) is 0 Å². The number of aryl methyl sites for hydroxylation is 1. The number of nitrogens with zero attached hydrogens (tertiary/aromatic N) is 1. The predicted molar refractivity (Wildman–Crippen MR) is 60.2 cm³/mol. The molecule has 1 rings (SSSR count). The van der Waals surface area contributed by atoms with Crippen LogP contribution in [-0.2, 0) is 0 Å². The zero-order chi connectivity index (χ0) is 10.6. The van der Waals surface area contributed by atoms with Crippen LogP contribution < -0.4 is 5.32 Å². The lowest BCUT2D eigenvalue weighted by Crippen LogP contribution is -2.26. The highest BCUT2D eigenvalue weighted by molar-refractivity contribution is 5.25. The van der Waals surface area contributed by atoms with E-state index in [1.807, 2.05) is 12.4 Å². The maximum atomic E-state index is 4.19. The second kappa shape index (κ2) is 5.11. The van der Waals surface area contributed by atoms with Crippen LogP contribution in [0.3, 0.4) is 0 Å². The Morgan fingerprint density at radius 2 is 2.14 bits per heavy atom. The van der Waals surface area contributed by atoms with Crippen molar-refractivity contribution in [2.75, 3.05) is 6.54 Å². The van der Waals surface area contributed by atoms with Crippen LogP contribution >= 0.6 is 0 Å². The van der Waals surface area contributed by atoms with Crippen LogP contribution in [0, 0.1) is 12.8 Å². The second-order valence-electron chi connectivity index (χ2n) is 4.01. The molecule has 1 N–H and O–H groups in total. The fourth-order valence-electron chi connectivity index (χ4n) is 1.73. The second-order valence-corrected chi connectivity index (χ2v) is 4.01. The number of hydrogen-bond acceptors (Lipinski definition) is 2. The average molecular weight is 192 g/mol. The van der Waals surface area contributed by atoms with Crippen molar-refractivity contribution < 1.29 is 0 Å². The number of rotatable bonds is 4. The van der Waals surface area contributed by atoms with Crippen molar-refractivity contribution >= 4 is 0 Å². The summed E-state index contributed by atoms with van der Waals surface area (Å²) in [5.41, 5.74) is 2.64. The molecule has 0 saturated carbocycles. The van der Waals surface area contributed by atoms with Gasteiger partial charge in [-0.3, -0.25) is 4.98 Å². The van der Waals surface area contributed by atoms with Crippen molar-refractivity contribution in [3.63, 3.8) is 0 Å². The summed E-state index contributed by atoms with van der Waals surface area (Å²) < 4.78 is 0. The Morgan fingerprint density at radius 3 is 2.64 bits per heavy atom. The van der Waals surface area contributed by atoms with Gasteiger partial charge in [0.05, 0.1) is 0 Å². The number of pyridine rings is 1. The molecule has 0 saturated heterocycles. The minimum Gasteiger partial charge on any atom is -0.310 e. The predicted octanol–water partition coefficient (Wildman–Crippen LogP) is 2.70. The molecule has 0 fully saturated rings. The Kier molecular flexibility index (Phi) is 4.08. The van der Waals surface area contributed by atoms with Crippen molar-refractivity contribution in [3.05, 3.63) is 29.6 Å². The van der Waals surface area contributed by atoms with Crippen LogP contribution in [0.4, 0.5) is 0 Å². The summed E-state index contributed by atoms with van der Waals surface area (Å²) in [7, 11) is 0. The monoisotopic (exact) mass is 192 g/mol. The minimum absolute atomic E-state index is 0.425. The van der Waals surface area contributed by atoms with Crippen molar-refractivity contribution in [1.82, 2.24) is 10.3 Å². The lowest BCUT2D eigenvalue weighted by Gasteiger charge is -2.23. The SMILES string of the molecule is CCNC(c1cnccc1C)C(C)C. The number of aromatic nitrogens is 1. The van der Waals surface area contributed by atoms with Crippen molar-refractivity contribution in [3.8, 4) is 0 Å². The first kappa shape index (κ1) is 11.2. The molecule has 14 heavy (non-hydrogen) atoms. The van der Waals surface area contributed by atoms with Gasteiger partial charge in [-0.25, -0.2) is 0 Å². The molecular formula is C12H20N2. The molecule has 1 heterocycles. The summed E-state index contributed by atoms with van der Waals surface area (Å²) in [6.07, 6.45) is 3.82. The quantitative estimate of drug-likeness (QED) is 0.793. The lowest BCUT2D eigenvalue weighted by atomic mass is 9.94. The zero-order valence-electron chi connectivity index (χ0n) is 9.54. The average Bonchev–Trinajstić information content (AvgIpc) is 2.15. The van der Waals surface area contributed by atoms with E-state index >= 15 is 0 Å². The van der Waals surface area contributed by atoms with Gasteiger partial charge < -0.3 is 5.32 Å². The van der Waals surface area contributed by atoms with Crippen LogP contribution in [0.2, 0.25) is 0 Å². The Hall–Kier alpha value is -0.890. The molecule has 78 valence electrons. The topological polar surface area (TPSA) is 24.9 Å². The van der Waals surface area contributed by atoms with E-state index in [1.165, 1.54) is 11.1 Å². The van der Waals surface area contributed by atoms with Gasteiger partial charge in [-0.05, 0) is 36.6 Å². The maximum Gasteiger partial charge on any atom is 0.0361 e. The summed E-state index contributed by atoms with van der Waals surface area (Å²) in [5.74, 6) is 0.595. The summed E-state index contributed by atoms with van der Waals surface area (Å²) >= 11 is 0. The van der Waals surface area contributed by atoms with Crippen LogP contribution in [0.25, 0.3) is 0 Å². The third kappa shape index (κ3) is 2.55. The smallest absolute Gasteiger partial charge is 0.0361 e. The van der Waals surface area contributed by atoms with E-state index in [9.17, 15) is 0 Å². The van der Waals surface area contributed by atoms with Crippen molar-refractivity contribution in [2.45, 2.75) is 33.7 Å². The maximum absolute atomic E-state index is 4.19. The Balaban J connectivity index is 2.93. The highest BCUT2D eigenvalue weighted by atomic mass is 14.9. The highest BCUT2D eigenvalue weighted by Gasteiger charge is 2.15. The van der Waals surface area contributed by atoms with E-state index in [0.29, 0.717) is 12.0 Å². The summed E-state index contributed by atoms with van der Waals surface area (Å²) in [4.78, 5) is 4.19. The molecule has 0 bridgehead atoms. The van der Waals surface area contributed by atoms with Crippen molar-refractivity contribution in [2.24, 2.45) is 5.92 Å². The third-order valence-corrected chi connectivity index (χ3v) is 2.51. The zero-order valence-corrected chi connectivity index (χ0v) is 9.54. The molecule has 0 aliphatic carbocycles. The van der Waals surface area contributed by atoms with Gasteiger partial charge in [-0.2, -0.15) is 0 Å². The third-order valence-electron chi connectivity index (χ3n) is 2.51. The molecule has 1 unspecified atom stereocenters. The Bertz CT molecular complexity index is 281. The largest absolute Gasteiger partial charge is 0.310 e. The van der Waals surface area contributed by atoms with Gasteiger partial charge in [0.15, 0.2) is 0 Å². The molecule has 0 aromatic carbocycles. The molecule has 1 aromatic heterocycles. The Morgan fingerprint density at radius 1 is 1.43 bits per heavy atom. The molecule has 0 amide bonds. The number of nitrogens with one attached hydrogen (secondary N) is 1. The first-order valence-corrected chi connectivity index (χ1v) is 5.30. The molecule has 0 aliphatic heterocycles. The molecule has 0 radical (unpaired) electrons. The van der Waals surface area contributed by atoms with Crippen molar-refractivity contribution in [1.29, 1.82) is 0 Å². The molecule has 1 atom stereocenters. The van der Waals surface area contributed by atoms with Gasteiger partial charge in [0.2, 0.25) is 0 Å². The van der Waals surface area contributed by atoms with E-state index < -0.39 is 0 Å². The van der Waals surface area contributed by atoms with E-state index in [4.69, 9.17) is 0 Å². The summed E-state index contributed by atoms with van der Waals surface area (Å²) in [6, 6.07) is 2.50. The van der Waals surface area contributed by atoms with Gasteiger partial charge in [0.1, 0.15) is 0 Å². The van der Waals surface area contributed by atoms with E-state index in [-0.39, 0.29) is 0 Å². The molecule has 2 heteroatoms. The van der Waals surface area contributed by atoms with E-state index in [0.717, 1.165) is 6.54 Å². The van der Waals surface area contributed by atoms with Crippen LogP contribution in [0.5, 0.6) is 0 Å². The molecular weight excluding hydrogens is 172 g/mol. The highest BCUT2D eigenvalue weighted by Crippen LogP contribution is 2.23. The molecule has 2 nitrogen and oxygen atoms in total. The van der Waals surface area contributed by atoms with Crippen LogP contribution in [-0.4, -0.2) is 11.5 Å². The number of hydrogen-bond donors (Lipinski definition) is 1. The van der Waals surface area contributed by atoms with Crippen LogP contribution in [0.1, 0.15) is 37.9 Å². The van der Waals surface area contributed by atoms with Gasteiger partial charge in [-0.15, -0.1) is 0 Å². The Labute approximate surface area is 86.8 Å². The normalized spacial score (nSPS) is 13.2. The molecule has 0 aliphatic rings. The lowest BCUT2D eigenvalue weighted by molar-refractivity contribution is 0.419. The molecule has 1 aromatic rings. The van der Waals surface area contributed by atoms with E-state index in [2.05, 4.69) is 44.1 Å². The first-order chi connectivity index (χ1) is 6.66. The summed E-state index contributed by atoms with van der Waals surface area (Å²) in [6.45, 7) is 9.75. The fraction of sp³-hybridized carbons (Fsp3) is 0.583. The van der Waals surface area contributed by atoms with Gasteiger partial charge in [-0.1, -0.05) is 20.8 Å². The van der Waals surface area contributed by atoms with Gasteiger partial charge in [0, 0.05) is 18.4 Å². The molecule has 0 spiro atoms. The summed E-state index contributed by atoms with van der Waals surface area (Å²) in [5, 5.41) is 3.50. The first-order valence-electron chi connectivity index (χ1n) is 5.30. The minimum atomic E-state index is 0.425. The van der Waals surface area contributed by atoms with Gasteiger partial charge in [0.25, 0.3) is 0 Å². The fourth-order valence-corrected chi connectivity index (χ4v) is 1.73. The standard InChI is InChI=1S/C12H20N2/c1-5-14-12(9(2)3)11-8-13-7-6-10(11)4/h6-9,12,14H,5H2,1-4H3.